The van der Waals surface area contributed by atoms with Crippen molar-refractivity contribution in [2.45, 2.75) is 43.9 Å². The Morgan fingerprint density at radius 1 is 0.812 bits per heavy atom. The SMILES string of the molecule is [2H]c1cc(C2([2H])CCC(C(F)(F)F)(C(F)(F)F)CC2)cc([2H])c1-c1ccnc(-c2ccccc2)c1. The van der Waals surface area contributed by atoms with E-state index >= 15 is 0 Å². The highest BCUT2D eigenvalue weighted by atomic mass is 19.4. The fraction of sp³-hybridized carbons (Fsp3) is 0.320. The van der Waals surface area contributed by atoms with Crippen molar-refractivity contribution in [1.29, 1.82) is 0 Å². The highest BCUT2D eigenvalue weighted by Crippen LogP contribution is 2.60. The molecule has 1 aliphatic rings. The van der Waals surface area contributed by atoms with Crippen LogP contribution in [0.1, 0.15) is 41.3 Å². The van der Waals surface area contributed by atoms with E-state index in [-0.39, 0.29) is 23.2 Å². The lowest BCUT2D eigenvalue weighted by atomic mass is 9.68. The average molecular weight is 452 g/mol. The first-order valence-corrected chi connectivity index (χ1v) is 10.0. The van der Waals surface area contributed by atoms with E-state index in [0.717, 1.165) is 5.56 Å². The number of pyridine rings is 1. The number of nitrogens with zero attached hydrogens (tertiary/aromatic N) is 1. The predicted molar refractivity (Wildman–Crippen MR) is 111 cm³/mol. The number of hydrogen-bond acceptors (Lipinski definition) is 1. The number of benzene rings is 2. The summed E-state index contributed by atoms with van der Waals surface area (Å²) >= 11 is 0. The van der Waals surface area contributed by atoms with Gasteiger partial charge in [0.2, 0.25) is 0 Å². The standard InChI is InChI=1S/C25H21F6N/c26-24(27,28)23(25(29,30)31)13-10-19(11-14-23)17-6-8-18(9-7-17)21-12-15-32-22(16-21)20-4-2-1-3-5-20/h1-9,12,15-16,19H,10-11,13-14H2/i8D,9D,19D. The monoisotopic (exact) mass is 452 g/mol. The molecule has 1 fully saturated rings. The maximum Gasteiger partial charge on any atom is 0.403 e. The van der Waals surface area contributed by atoms with Gasteiger partial charge in [-0.15, -0.1) is 0 Å². The fourth-order valence-electron chi connectivity index (χ4n) is 4.10. The van der Waals surface area contributed by atoms with Crippen molar-refractivity contribution in [3.05, 3.63) is 78.4 Å². The van der Waals surface area contributed by atoms with Crippen molar-refractivity contribution >= 4 is 0 Å². The zero-order chi connectivity index (χ0) is 25.6. The van der Waals surface area contributed by atoms with Crippen LogP contribution < -0.4 is 0 Å². The Morgan fingerprint density at radius 2 is 1.41 bits per heavy atom. The minimum atomic E-state index is -5.48. The average Bonchev–Trinajstić information content (AvgIpc) is 2.78. The molecule has 1 nitrogen and oxygen atoms in total. The molecule has 168 valence electrons. The fourth-order valence-corrected chi connectivity index (χ4v) is 4.10. The number of halogens is 6. The second-order valence-corrected chi connectivity index (χ2v) is 7.88. The third-order valence-electron chi connectivity index (χ3n) is 6.06. The maximum absolute atomic E-state index is 13.4. The van der Waals surface area contributed by atoms with Crippen molar-refractivity contribution in [2.24, 2.45) is 5.41 Å². The van der Waals surface area contributed by atoms with E-state index in [2.05, 4.69) is 4.98 Å². The van der Waals surface area contributed by atoms with Crippen molar-refractivity contribution in [3.63, 3.8) is 0 Å². The van der Waals surface area contributed by atoms with Crippen LogP contribution >= 0.6 is 0 Å². The van der Waals surface area contributed by atoms with Gasteiger partial charge in [0.15, 0.2) is 5.41 Å². The van der Waals surface area contributed by atoms with Crippen molar-refractivity contribution < 1.29 is 30.5 Å². The number of rotatable bonds is 3. The second kappa shape index (κ2) is 8.26. The molecule has 0 aliphatic heterocycles. The van der Waals surface area contributed by atoms with E-state index in [1.54, 1.807) is 12.1 Å². The topological polar surface area (TPSA) is 12.9 Å². The summed E-state index contributed by atoms with van der Waals surface area (Å²) in [4.78, 5) is 4.31. The molecular formula is C25H21F6N. The first-order valence-electron chi connectivity index (χ1n) is 11.5. The second-order valence-electron chi connectivity index (χ2n) is 7.88. The quantitative estimate of drug-likeness (QED) is 0.365. The normalized spacial score (nSPS) is 19.6. The van der Waals surface area contributed by atoms with Crippen LogP contribution in [-0.4, -0.2) is 17.3 Å². The van der Waals surface area contributed by atoms with Gasteiger partial charge >= 0.3 is 12.4 Å². The third-order valence-corrected chi connectivity index (χ3v) is 6.06. The van der Waals surface area contributed by atoms with Crippen LogP contribution in [0.4, 0.5) is 26.3 Å². The first kappa shape index (κ1) is 18.7. The van der Waals surface area contributed by atoms with Gasteiger partial charge in [-0.05, 0) is 60.4 Å². The highest BCUT2D eigenvalue weighted by Gasteiger charge is 2.70. The molecule has 0 N–H and O–H groups in total. The van der Waals surface area contributed by atoms with Crippen LogP contribution in [-0.2, 0) is 0 Å². The van der Waals surface area contributed by atoms with E-state index in [0.29, 0.717) is 11.3 Å². The Kier molecular flexibility index (Phi) is 4.83. The Labute approximate surface area is 186 Å². The van der Waals surface area contributed by atoms with E-state index in [4.69, 9.17) is 4.11 Å². The third kappa shape index (κ3) is 4.12. The summed E-state index contributed by atoms with van der Waals surface area (Å²) in [5, 5.41) is 0. The number of hydrogen-bond donors (Lipinski definition) is 0. The van der Waals surface area contributed by atoms with Gasteiger partial charge < -0.3 is 0 Å². The predicted octanol–water partition coefficient (Wildman–Crippen LogP) is 8.18. The summed E-state index contributed by atoms with van der Waals surface area (Å²) in [7, 11) is 0. The molecule has 32 heavy (non-hydrogen) atoms. The smallest absolute Gasteiger partial charge is 0.256 e. The lowest BCUT2D eigenvalue weighted by molar-refractivity contribution is -0.350. The zero-order valence-electron chi connectivity index (χ0n) is 19.8. The van der Waals surface area contributed by atoms with Gasteiger partial charge in [0, 0.05) is 13.1 Å². The van der Waals surface area contributed by atoms with Gasteiger partial charge in [-0.25, -0.2) is 0 Å². The molecular weight excluding hydrogens is 428 g/mol. The molecule has 0 amide bonds. The molecule has 1 saturated carbocycles. The van der Waals surface area contributed by atoms with Gasteiger partial charge in [-0.2, -0.15) is 26.3 Å². The van der Waals surface area contributed by atoms with Gasteiger partial charge in [0.25, 0.3) is 0 Å². The lowest BCUT2D eigenvalue weighted by Crippen LogP contribution is -2.51. The summed E-state index contributed by atoms with van der Waals surface area (Å²) < 4.78 is 106. The van der Waals surface area contributed by atoms with E-state index in [1.807, 2.05) is 30.3 Å². The molecule has 0 unspecified atom stereocenters. The first-order chi connectivity index (χ1) is 16.3. The minimum Gasteiger partial charge on any atom is -0.256 e. The van der Waals surface area contributed by atoms with Crippen LogP contribution in [0.15, 0.2) is 72.9 Å². The van der Waals surface area contributed by atoms with Gasteiger partial charge in [0.05, 0.1) is 8.44 Å². The lowest BCUT2D eigenvalue weighted by Gasteiger charge is -2.42. The molecule has 1 heterocycles. The van der Waals surface area contributed by atoms with E-state index < -0.39 is 49.3 Å². The molecule has 3 aromatic rings. The summed E-state index contributed by atoms with van der Waals surface area (Å²) in [5.41, 5.74) is -1.56. The number of aromatic nitrogens is 1. The molecule has 1 aliphatic carbocycles. The van der Waals surface area contributed by atoms with Gasteiger partial charge in [0.1, 0.15) is 0 Å². The molecule has 0 saturated heterocycles. The van der Waals surface area contributed by atoms with Crippen LogP contribution in [0, 0.1) is 5.41 Å². The van der Waals surface area contributed by atoms with Gasteiger partial charge in [-0.1, -0.05) is 54.5 Å². The summed E-state index contributed by atoms with van der Waals surface area (Å²) in [6.07, 6.45) is -13.3. The molecule has 0 bridgehead atoms. The van der Waals surface area contributed by atoms with E-state index in [1.165, 1.54) is 18.3 Å². The molecule has 2 aromatic carbocycles. The zero-order valence-corrected chi connectivity index (χ0v) is 16.8. The largest absolute Gasteiger partial charge is 0.403 e. The van der Waals surface area contributed by atoms with Gasteiger partial charge in [-0.3, -0.25) is 4.98 Å². The highest BCUT2D eigenvalue weighted by molar-refractivity contribution is 5.70. The molecule has 7 heteroatoms. The van der Waals surface area contributed by atoms with Crippen molar-refractivity contribution in [2.75, 3.05) is 0 Å². The maximum atomic E-state index is 13.4. The van der Waals surface area contributed by atoms with Crippen LogP contribution in [0.5, 0.6) is 0 Å². The Balaban J connectivity index is 1.66. The molecule has 1 aromatic heterocycles. The van der Waals surface area contributed by atoms with E-state index in [9.17, 15) is 26.3 Å². The minimum absolute atomic E-state index is 0.0755. The van der Waals surface area contributed by atoms with Crippen molar-refractivity contribution in [1.82, 2.24) is 4.98 Å². The Bertz CT molecular complexity index is 1180. The number of alkyl halides is 6. The molecule has 0 spiro atoms. The molecule has 4 rings (SSSR count). The molecule has 0 atom stereocenters. The van der Waals surface area contributed by atoms with Crippen LogP contribution in [0.3, 0.4) is 0 Å². The summed E-state index contributed by atoms with van der Waals surface area (Å²) in [6, 6.07) is 14.9. The van der Waals surface area contributed by atoms with Crippen molar-refractivity contribution in [3.8, 4) is 22.4 Å². The summed E-state index contributed by atoms with van der Waals surface area (Å²) in [5.74, 6) is -1.75. The Hall–Kier alpha value is -2.83. The Morgan fingerprint density at radius 3 is 1.97 bits per heavy atom. The van der Waals surface area contributed by atoms with Crippen LogP contribution in [0.2, 0.25) is 0 Å². The van der Waals surface area contributed by atoms with Crippen LogP contribution in [0.25, 0.3) is 22.4 Å². The summed E-state index contributed by atoms with van der Waals surface area (Å²) in [6.45, 7) is 0. The molecule has 0 radical (unpaired) electrons.